The highest BCUT2D eigenvalue weighted by molar-refractivity contribution is 6.23. The third-order valence-electron chi connectivity index (χ3n) is 10.7. The first kappa shape index (κ1) is 29.0. The van der Waals surface area contributed by atoms with Gasteiger partial charge in [-0.1, -0.05) is 140 Å². The molecule has 0 N–H and O–H groups in total. The number of allylic oxidation sites excluding steroid dienone is 4. The molecule has 0 saturated carbocycles. The molecule has 246 valence electrons. The van der Waals surface area contributed by atoms with Gasteiger partial charge in [-0.25, -0.2) is 4.98 Å². The van der Waals surface area contributed by atoms with Crippen LogP contribution in [0.5, 0.6) is 0 Å². The monoisotopic (exact) mass is 669 g/mol. The largest absolute Gasteiger partial charge is 0.456 e. The van der Waals surface area contributed by atoms with Crippen LogP contribution in [0.3, 0.4) is 0 Å². The number of furan rings is 1. The standard InChI is InChI=1S/C46H31N5O/c1-28-14-5-9-21-36(28)50-37-22-10-6-17-30(37)32-26-27-33-31-18-7-11-23-38(31)51(43(33)42(32)50)46-48-44(29-15-3-2-4-16-29)47-45(49-46)35-20-13-25-40-41(35)34-19-8-12-24-39(34)52-40/h2-28,36H,1H3. The van der Waals surface area contributed by atoms with Crippen molar-refractivity contribution in [1.29, 1.82) is 0 Å². The minimum absolute atomic E-state index is 0.130. The van der Waals surface area contributed by atoms with Gasteiger partial charge < -0.3 is 8.98 Å². The van der Waals surface area contributed by atoms with Crippen molar-refractivity contribution in [2.45, 2.75) is 13.0 Å². The molecule has 4 heterocycles. The van der Waals surface area contributed by atoms with Gasteiger partial charge in [-0.05, 0) is 30.2 Å². The van der Waals surface area contributed by atoms with Gasteiger partial charge in [0.1, 0.15) is 11.2 Å². The van der Waals surface area contributed by atoms with Crippen molar-refractivity contribution < 1.29 is 4.42 Å². The van der Waals surface area contributed by atoms with Crippen LogP contribution in [0.15, 0.2) is 162 Å². The summed E-state index contributed by atoms with van der Waals surface area (Å²) < 4.78 is 11.1. The molecule has 0 bridgehead atoms. The molecule has 0 saturated heterocycles. The van der Waals surface area contributed by atoms with Crippen LogP contribution >= 0.6 is 0 Å². The first-order chi connectivity index (χ1) is 25.7. The van der Waals surface area contributed by atoms with Crippen molar-refractivity contribution >= 4 is 65.6 Å². The molecule has 2 atom stereocenters. The topological polar surface area (TPSA) is 61.7 Å². The van der Waals surface area contributed by atoms with Crippen molar-refractivity contribution in [2.24, 2.45) is 5.92 Å². The van der Waals surface area contributed by atoms with Gasteiger partial charge in [0.2, 0.25) is 5.95 Å². The van der Waals surface area contributed by atoms with E-state index < -0.39 is 0 Å². The van der Waals surface area contributed by atoms with Gasteiger partial charge in [0.05, 0.1) is 22.6 Å². The lowest BCUT2D eigenvalue weighted by Gasteiger charge is -2.25. The first-order valence-corrected chi connectivity index (χ1v) is 17.8. The summed E-state index contributed by atoms with van der Waals surface area (Å²) in [6.45, 7) is 2.30. The molecule has 11 rings (SSSR count). The Hall–Kier alpha value is -6.79. The van der Waals surface area contributed by atoms with E-state index in [0.29, 0.717) is 23.5 Å². The SMILES string of the molecule is CC1C=CC=CC1n1c2ccccc2c2ccc3c4ccccc4n(-c4nc(-c5ccccc5)nc(-c5cccc6oc7ccccc7c56)n4)c3c21. The maximum atomic E-state index is 6.31. The molecule has 4 aromatic heterocycles. The maximum absolute atomic E-state index is 6.31. The highest BCUT2D eigenvalue weighted by Gasteiger charge is 2.27. The molecule has 6 nitrogen and oxygen atoms in total. The Balaban J connectivity index is 1.30. The molecular weight excluding hydrogens is 639 g/mol. The van der Waals surface area contributed by atoms with E-state index >= 15 is 0 Å². The van der Waals surface area contributed by atoms with Crippen LogP contribution in [-0.2, 0) is 0 Å². The minimum Gasteiger partial charge on any atom is -0.456 e. The molecule has 0 fully saturated rings. The number of para-hydroxylation sites is 3. The molecular formula is C46H31N5O. The van der Waals surface area contributed by atoms with Gasteiger partial charge in [0.25, 0.3) is 0 Å². The second kappa shape index (κ2) is 11.1. The normalized spacial score (nSPS) is 16.0. The van der Waals surface area contributed by atoms with Gasteiger partial charge >= 0.3 is 0 Å². The van der Waals surface area contributed by atoms with Crippen LogP contribution in [0.25, 0.3) is 94.3 Å². The van der Waals surface area contributed by atoms with Gasteiger partial charge in [0, 0.05) is 49.0 Å². The zero-order valence-corrected chi connectivity index (χ0v) is 28.3. The van der Waals surface area contributed by atoms with Gasteiger partial charge in [0.15, 0.2) is 11.6 Å². The van der Waals surface area contributed by atoms with Gasteiger partial charge in [-0.3, -0.25) is 4.57 Å². The molecule has 1 aliphatic carbocycles. The molecule has 6 aromatic carbocycles. The van der Waals surface area contributed by atoms with Crippen LogP contribution in [0.2, 0.25) is 0 Å². The molecule has 10 aromatic rings. The average Bonchev–Trinajstić information content (AvgIpc) is 3.86. The number of fused-ring (bicyclic) bond motifs is 10. The number of aromatic nitrogens is 5. The molecule has 0 radical (unpaired) electrons. The molecule has 1 aliphatic rings. The van der Waals surface area contributed by atoms with Crippen molar-refractivity contribution in [1.82, 2.24) is 24.1 Å². The quantitative estimate of drug-likeness (QED) is 0.187. The summed E-state index contributed by atoms with van der Waals surface area (Å²) in [5.41, 5.74) is 7.94. The van der Waals surface area contributed by atoms with E-state index in [2.05, 4.69) is 125 Å². The zero-order valence-electron chi connectivity index (χ0n) is 28.3. The second-order valence-electron chi connectivity index (χ2n) is 13.6. The summed E-state index contributed by atoms with van der Waals surface area (Å²) in [5.74, 6) is 2.07. The van der Waals surface area contributed by atoms with E-state index in [1.54, 1.807) is 0 Å². The number of rotatable bonds is 4. The molecule has 0 aliphatic heterocycles. The second-order valence-corrected chi connectivity index (χ2v) is 13.6. The van der Waals surface area contributed by atoms with Crippen LogP contribution in [-0.4, -0.2) is 24.1 Å². The van der Waals surface area contributed by atoms with Crippen LogP contribution in [0, 0.1) is 5.92 Å². The Morgan fingerprint density at radius 2 is 1.17 bits per heavy atom. The molecule has 52 heavy (non-hydrogen) atoms. The lowest BCUT2D eigenvalue weighted by atomic mass is 9.96. The lowest BCUT2D eigenvalue weighted by molar-refractivity contribution is 0.510. The average molecular weight is 670 g/mol. The number of nitrogens with zero attached hydrogens (tertiary/aromatic N) is 5. The zero-order chi connectivity index (χ0) is 34.3. The Bertz CT molecular complexity index is 3110. The predicted molar refractivity (Wildman–Crippen MR) is 212 cm³/mol. The van der Waals surface area contributed by atoms with Crippen molar-refractivity contribution in [3.05, 3.63) is 158 Å². The summed E-state index contributed by atoms with van der Waals surface area (Å²) in [6, 6.07) is 46.5. The summed E-state index contributed by atoms with van der Waals surface area (Å²) in [6.07, 6.45) is 8.95. The Morgan fingerprint density at radius 1 is 0.519 bits per heavy atom. The summed E-state index contributed by atoms with van der Waals surface area (Å²) in [5, 5.41) is 6.75. The number of benzene rings is 6. The Kier molecular flexibility index (Phi) is 6.19. The van der Waals surface area contributed by atoms with Gasteiger partial charge in [-0.15, -0.1) is 0 Å². The Labute approximate surface area is 298 Å². The van der Waals surface area contributed by atoms with Crippen molar-refractivity contribution in [2.75, 3.05) is 0 Å². The van der Waals surface area contributed by atoms with E-state index in [1.165, 1.54) is 16.3 Å². The van der Waals surface area contributed by atoms with Crippen molar-refractivity contribution in [3.8, 4) is 28.7 Å². The van der Waals surface area contributed by atoms with Crippen LogP contribution in [0.4, 0.5) is 0 Å². The van der Waals surface area contributed by atoms with E-state index in [4.69, 9.17) is 19.4 Å². The fourth-order valence-corrected chi connectivity index (χ4v) is 8.34. The predicted octanol–water partition coefficient (Wildman–Crippen LogP) is 11.6. The third kappa shape index (κ3) is 4.15. The Morgan fingerprint density at radius 3 is 2.00 bits per heavy atom. The summed E-state index contributed by atoms with van der Waals surface area (Å²) >= 11 is 0. The van der Waals surface area contributed by atoms with Crippen molar-refractivity contribution in [3.63, 3.8) is 0 Å². The van der Waals surface area contributed by atoms with E-state index in [-0.39, 0.29) is 6.04 Å². The van der Waals surface area contributed by atoms with Gasteiger partial charge in [-0.2, -0.15) is 9.97 Å². The van der Waals surface area contributed by atoms with E-state index in [9.17, 15) is 0 Å². The summed E-state index contributed by atoms with van der Waals surface area (Å²) in [4.78, 5) is 15.9. The van der Waals surface area contributed by atoms with E-state index in [1.807, 2.05) is 48.5 Å². The molecule has 6 heteroatoms. The third-order valence-corrected chi connectivity index (χ3v) is 10.7. The first-order valence-electron chi connectivity index (χ1n) is 17.8. The fraction of sp³-hybridized carbons (Fsp3) is 0.0652. The van der Waals surface area contributed by atoms with Crippen LogP contribution in [0.1, 0.15) is 13.0 Å². The smallest absolute Gasteiger partial charge is 0.238 e. The minimum atomic E-state index is 0.130. The molecule has 0 spiro atoms. The fourth-order valence-electron chi connectivity index (χ4n) is 8.34. The molecule has 0 amide bonds. The summed E-state index contributed by atoms with van der Waals surface area (Å²) in [7, 11) is 0. The highest BCUT2D eigenvalue weighted by Crippen LogP contribution is 2.44. The molecule has 2 unspecified atom stereocenters. The maximum Gasteiger partial charge on any atom is 0.238 e. The van der Waals surface area contributed by atoms with E-state index in [0.717, 1.165) is 60.4 Å². The number of hydrogen-bond acceptors (Lipinski definition) is 4. The number of hydrogen-bond donors (Lipinski definition) is 0. The van der Waals surface area contributed by atoms with Crippen LogP contribution < -0.4 is 0 Å². The highest BCUT2D eigenvalue weighted by atomic mass is 16.3. The lowest BCUT2D eigenvalue weighted by Crippen LogP contribution is -2.15.